The number of aryl methyl sites for hydroxylation is 1. The zero-order valence-electron chi connectivity index (χ0n) is 15.3. The molecule has 0 aliphatic heterocycles. The first kappa shape index (κ1) is 20.6. The molecule has 6 N–H and O–H groups in total. The quantitative estimate of drug-likeness (QED) is 0.405. The second kappa shape index (κ2) is 7.35. The zero-order valence-corrected chi connectivity index (χ0v) is 17.0. The van der Waals surface area contributed by atoms with Gasteiger partial charge in [0, 0.05) is 6.20 Å². The minimum absolute atomic E-state index is 0.0769. The van der Waals surface area contributed by atoms with Gasteiger partial charge in [-0.1, -0.05) is 23.8 Å². The van der Waals surface area contributed by atoms with Gasteiger partial charge < -0.3 is 11.5 Å². The monoisotopic (exact) mass is 433 g/mol. The van der Waals surface area contributed by atoms with E-state index in [2.05, 4.69) is 4.99 Å². The third-order valence-corrected chi connectivity index (χ3v) is 6.75. The van der Waals surface area contributed by atoms with Crippen LogP contribution >= 0.6 is 0 Å². The third kappa shape index (κ3) is 4.16. The molecule has 29 heavy (non-hydrogen) atoms. The summed E-state index contributed by atoms with van der Waals surface area (Å²) in [6.45, 7) is 1.85. The molecule has 0 spiro atoms. The highest BCUT2D eigenvalue weighted by Crippen LogP contribution is 2.23. The van der Waals surface area contributed by atoms with Crippen LogP contribution in [0.4, 0.5) is 11.5 Å². The van der Waals surface area contributed by atoms with Crippen molar-refractivity contribution in [2.45, 2.75) is 16.7 Å². The van der Waals surface area contributed by atoms with Gasteiger partial charge in [0.25, 0.3) is 10.0 Å². The fraction of sp³-hybridized carbons (Fsp3) is 0.0556. The van der Waals surface area contributed by atoms with Crippen LogP contribution in [0, 0.1) is 6.92 Å². The van der Waals surface area contributed by atoms with Crippen molar-refractivity contribution in [1.82, 2.24) is 3.97 Å². The number of amidine groups is 1. The van der Waals surface area contributed by atoms with Crippen molar-refractivity contribution in [1.29, 1.82) is 0 Å². The Labute approximate surface area is 168 Å². The third-order valence-electron chi connectivity index (χ3n) is 4.14. The molecule has 0 radical (unpaired) electrons. The zero-order chi connectivity index (χ0) is 21.4. The van der Waals surface area contributed by atoms with Gasteiger partial charge in [-0.2, -0.15) is 0 Å². The van der Waals surface area contributed by atoms with Gasteiger partial charge in [0.15, 0.2) is 0 Å². The first-order valence-corrected chi connectivity index (χ1v) is 11.3. The fourth-order valence-corrected chi connectivity index (χ4v) is 4.44. The number of benzene rings is 2. The van der Waals surface area contributed by atoms with Gasteiger partial charge in [-0.25, -0.2) is 30.9 Å². The van der Waals surface area contributed by atoms with E-state index in [1.165, 1.54) is 48.7 Å². The van der Waals surface area contributed by atoms with Gasteiger partial charge in [-0.15, -0.1) is 0 Å². The van der Waals surface area contributed by atoms with Crippen molar-refractivity contribution in [2.75, 3.05) is 5.73 Å². The van der Waals surface area contributed by atoms with Gasteiger partial charge in [0.2, 0.25) is 10.0 Å². The molecule has 0 amide bonds. The summed E-state index contributed by atoms with van der Waals surface area (Å²) in [5.41, 5.74) is 13.3. The molecule has 1 heterocycles. The number of sulfonamides is 1. The molecule has 0 unspecified atom stereocenters. The molecule has 0 atom stereocenters. The molecule has 2 aromatic carbocycles. The van der Waals surface area contributed by atoms with Crippen LogP contribution in [0.2, 0.25) is 0 Å². The van der Waals surface area contributed by atoms with Crippen LogP contribution in [-0.4, -0.2) is 26.6 Å². The van der Waals surface area contributed by atoms with Gasteiger partial charge in [-0.05, 0) is 43.3 Å². The molecule has 9 nitrogen and oxygen atoms in total. The summed E-state index contributed by atoms with van der Waals surface area (Å²) in [5, 5.41) is 5.11. The normalized spacial score (nSPS) is 12.8. The van der Waals surface area contributed by atoms with Crippen LogP contribution in [0.5, 0.6) is 0 Å². The summed E-state index contributed by atoms with van der Waals surface area (Å²) < 4.78 is 49.5. The highest BCUT2D eigenvalue weighted by Gasteiger charge is 2.21. The Balaban J connectivity index is 2.01. The molecule has 11 heteroatoms. The summed E-state index contributed by atoms with van der Waals surface area (Å²) >= 11 is 0. The number of hydrogen-bond acceptors (Lipinski definition) is 6. The molecule has 0 saturated carbocycles. The summed E-state index contributed by atoms with van der Waals surface area (Å²) in [5.74, 6) is -0.193. The van der Waals surface area contributed by atoms with E-state index in [0.717, 1.165) is 9.54 Å². The Morgan fingerprint density at radius 1 is 0.966 bits per heavy atom. The molecule has 3 rings (SSSR count). The maximum absolute atomic E-state index is 12.8. The largest absolute Gasteiger partial charge is 0.384 e. The van der Waals surface area contributed by atoms with Crippen molar-refractivity contribution in [3.63, 3.8) is 0 Å². The minimum atomic E-state index is -3.91. The van der Waals surface area contributed by atoms with Crippen LogP contribution in [0.3, 0.4) is 0 Å². The summed E-state index contributed by atoms with van der Waals surface area (Å²) in [6, 6.07) is 13.3. The average Bonchev–Trinajstić information content (AvgIpc) is 3.04. The Kier molecular flexibility index (Phi) is 5.22. The number of nitrogen functional groups attached to an aromatic ring is 1. The van der Waals surface area contributed by atoms with Gasteiger partial charge in [0.05, 0.1) is 21.0 Å². The number of rotatable bonds is 5. The molecule has 0 aliphatic carbocycles. The summed E-state index contributed by atoms with van der Waals surface area (Å²) in [4.78, 5) is 4.08. The molecular weight excluding hydrogens is 414 g/mol. The van der Waals surface area contributed by atoms with Crippen molar-refractivity contribution >= 4 is 37.4 Å². The van der Waals surface area contributed by atoms with Crippen molar-refractivity contribution in [3.8, 4) is 0 Å². The van der Waals surface area contributed by atoms with Crippen molar-refractivity contribution in [3.05, 3.63) is 71.9 Å². The Morgan fingerprint density at radius 3 is 2.24 bits per heavy atom. The lowest BCUT2D eigenvalue weighted by atomic mass is 10.2. The Morgan fingerprint density at radius 2 is 1.62 bits per heavy atom. The number of nitrogens with two attached hydrogens (primary N) is 3. The van der Waals surface area contributed by atoms with E-state index in [4.69, 9.17) is 16.6 Å². The molecule has 0 fully saturated rings. The first-order chi connectivity index (χ1) is 13.5. The predicted molar refractivity (Wildman–Crippen MR) is 111 cm³/mol. The second-order valence-corrected chi connectivity index (χ2v) is 9.64. The van der Waals surface area contributed by atoms with Gasteiger partial charge in [0.1, 0.15) is 11.7 Å². The van der Waals surface area contributed by atoms with Crippen molar-refractivity contribution in [2.24, 2.45) is 15.9 Å². The van der Waals surface area contributed by atoms with Crippen LogP contribution in [0.1, 0.15) is 11.1 Å². The standard InChI is InChI=1S/C18H19N5O4S2/c1-12-5-7-14(8-6-12)29(26,27)23-10-9-16(18(23)20)17(19)22-13-3-2-4-15(11-13)28(21,24)25/h2-11H,20H2,1H3,(H2,19,22)(H2,21,24,25). The summed E-state index contributed by atoms with van der Waals surface area (Å²) in [6.07, 6.45) is 1.28. The highest BCUT2D eigenvalue weighted by molar-refractivity contribution is 7.90. The Bertz CT molecular complexity index is 1310. The van der Waals surface area contributed by atoms with Crippen LogP contribution in [0.25, 0.3) is 0 Å². The number of hydrogen-bond donors (Lipinski definition) is 3. The number of anilines is 1. The van der Waals surface area contributed by atoms with Crippen molar-refractivity contribution < 1.29 is 16.8 Å². The highest BCUT2D eigenvalue weighted by atomic mass is 32.2. The van der Waals surface area contributed by atoms with E-state index >= 15 is 0 Å². The number of primary sulfonamides is 1. The van der Waals surface area contributed by atoms with E-state index in [9.17, 15) is 16.8 Å². The number of nitrogens with zero attached hydrogens (tertiary/aromatic N) is 2. The van der Waals surface area contributed by atoms with E-state index in [-0.39, 0.29) is 32.7 Å². The van der Waals surface area contributed by atoms with E-state index in [1.807, 2.05) is 6.92 Å². The van der Waals surface area contributed by atoms with E-state index in [0.29, 0.717) is 0 Å². The molecule has 3 aromatic rings. The van der Waals surface area contributed by atoms with Gasteiger partial charge >= 0.3 is 0 Å². The number of aliphatic imine (C=N–C) groups is 1. The lowest BCUT2D eigenvalue weighted by Gasteiger charge is -2.09. The summed E-state index contributed by atoms with van der Waals surface area (Å²) in [7, 11) is -7.81. The molecule has 0 saturated heterocycles. The SMILES string of the molecule is Cc1ccc(S(=O)(=O)n2ccc(C(N)=Nc3cccc(S(N)(=O)=O)c3)c2N)cc1. The van der Waals surface area contributed by atoms with Crippen LogP contribution in [-0.2, 0) is 20.0 Å². The maximum Gasteiger partial charge on any atom is 0.269 e. The lowest BCUT2D eigenvalue weighted by Crippen LogP contribution is -2.18. The maximum atomic E-state index is 12.8. The number of aromatic nitrogens is 1. The molecular formula is C18H19N5O4S2. The average molecular weight is 434 g/mol. The van der Waals surface area contributed by atoms with E-state index < -0.39 is 20.0 Å². The lowest BCUT2D eigenvalue weighted by molar-refractivity contribution is 0.588. The Hall–Kier alpha value is -3.15. The molecule has 1 aromatic heterocycles. The van der Waals surface area contributed by atoms with Crippen LogP contribution < -0.4 is 16.6 Å². The predicted octanol–water partition coefficient (Wildman–Crippen LogP) is 1.30. The topological polar surface area (TPSA) is 164 Å². The molecule has 0 aliphatic rings. The van der Waals surface area contributed by atoms with E-state index in [1.54, 1.807) is 12.1 Å². The molecule has 0 bridgehead atoms. The van der Waals surface area contributed by atoms with Gasteiger partial charge in [-0.3, -0.25) is 0 Å². The first-order valence-electron chi connectivity index (χ1n) is 8.26. The smallest absolute Gasteiger partial charge is 0.269 e. The minimum Gasteiger partial charge on any atom is -0.384 e. The second-order valence-electron chi connectivity index (χ2n) is 6.27. The van der Waals surface area contributed by atoms with Crippen LogP contribution in [0.15, 0.2) is 75.6 Å². The molecule has 152 valence electrons. The fourth-order valence-electron chi connectivity index (χ4n) is 2.61.